The van der Waals surface area contributed by atoms with Gasteiger partial charge in [-0.25, -0.2) is 4.39 Å². The Kier molecular flexibility index (Phi) is 4.98. The minimum absolute atomic E-state index is 0.0766. The van der Waals surface area contributed by atoms with Gasteiger partial charge in [0.1, 0.15) is 17.6 Å². The first-order valence-corrected chi connectivity index (χ1v) is 9.11. The maximum atomic E-state index is 14.4. The molecule has 140 valence electrons. The van der Waals surface area contributed by atoms with E-state index in [2.05, 4.69) is 10.6 Å². The third kappa shape index (κ3) is 3.43. The van der Waals surface area contributed by atoms with Crippen LogP contribution in [0.4, 0.5) is 15.8 Å². The fourth-order valence-corrected chi connectivity index (χ4v) is 3.83. The average molecular weight is 361 g/mol. The monoisotopic (exact) mass is 361 g/mol. The van der Waals surface area contributed by atoms with Crippen molar-refractivity contribution >= 4 is 29.0 Å². The third-order valence-corrected chi connectivity index (χ3v) is 5.07. The minimum Gasteiger partial charge on any atom is -0.374 e. The fraction of sp³-hybridized carbons (Fsp3) is 0.526. The van der Waals surface area contributed by atoms with Crippen molar-refractivity contribution in [2.75, 3.05) is 23.3 Å². The molecular formula is C19H24FN3O3. The van der Waals surface area contributed by atoms with Crippen LogP contribution in [0.15, 0.2) is 18.2 Å². The molecule has 1 atom stereocenters. The van der Waals surface area contributed by atoms with Crippen LogP contribution in [-0.2, 0) is 14.4 Å². The van der Waals surface area contributed by atoms with Crippen LogP contribution in [0.3, 0.4) is 0 Å². The van der Waals surface area contributed by atoms with E-state index in [4.69, 9.17) is 0 Å². The molecule has 3 aliphatic rings. The number of hydrogen-bond donors (Lipinski definition) is 2. The zero-order valence-electron chi connectivity index (χ0n) is 15.1. The van der Waals surface area contributed by atoms with Gasteiger partial charge in [-0.2, -0.15) is 0 Å². The van der Waals surface area contributed by atoms with E-state index in [-0.39, 0.29) is 29.5 Å². The number of anilines is 2. The topological polar surface area (TPSA) is 78.5 Å². The Bertz CT molecular complexity index is 734. The number of nitrogens with one attached hydrogen (secondary N) is 2. The molecule has 4 rings (SSSR count). The zero-order valence-corrected chi connectivity index (χ0v) is 15.1. The number of amides is 2. The predicted molar refractivity (Wildman–Crippen MR) is 96.4 cm³/mol. The maximum absolute atomic E-state index is 14.4. The molecule has 0 radical (unpaired) electrons. The average Bonchev–Trinajstić information content (AvgIpc) is 2.55. The van der Waals surface area contributed by atoms with Gasteiger partial charge in [0.15, 0.2) is 0 Å². The first-order valence-electron chi connectivity index (χ1n) is 9.11. The van der Waals surface area contributed by atoms with Crippen molar-refractivity contribution in [3.63, 3.8) is 0 Å². The number of ketones is 1. The van der Waals surface area contributed by atoms with Crippen LogP contribution in [0.2, 0.25) is 0 Å². The number of benzene rings is 1. The number of carbonyl (C=O) groups excluding carboxylic acids is 3. The summed E-state index contributed by atoms with van der Waals surface area (Å²) in [7, 11) is 0. The van der Waals surface area contributed by atoms with Crippen LogP contribution in [0.5, 0.6) is 0 Å². The van der Waals surface area contributed by atoms with Crippen molar-refractivity contribution in [2.24, 2.45) is 5.41 Å². The second-order valence-electron chi connectivity index (χ2n) is 7.06. The lowest BCUT2D eigenvalue weighted by Crippen LogP contribution is -2.63. The van der Waals surface area contributed by atoms with Gasteiger partial charge in [0.05, 0.1) is 5.69 Å². The molecule has 1 aliphatic carbocycles. The van der Waals surface area contributed by atoms with Crippen molar-refractivity contribution in [2.45, 2.75) is 45.6 Å². The second-order valence-corrected chi connectivity index (χ2v) is 7.06. The molecule has 2 N–H and O–H groups in total. The van der Waals surface area contributed by atoms with E-state index in [1.807, 2.05) is 18.7 Å². The Morgan fingerprint density at radius 2 is 1.88 bits per heavy atom. The van der Waals surface area contributed by atoms with Gasteiger partial charge in [-0.05, 0) is 24.6 Å². The molecule has 2 saturated heterocycles. The summed E-state index contributed by atoms with van der Waals surface area (Å²) in [6, 6.07) is 4.27. The highest BCUT2D eigenvalue weighted by Gasteiger charge is 2.52. The van der Waals surface area contributed by atoms with Gasteiger partial charge in [0.25, 0.3) is 0 Å². The van der Waals surface area contributed by atoms with Crippen LogP contribution in [0.1, 0.15) is 39.5 Å². The quantitative estimate of drug-likeness (QED) is 0.808. The molecule has 2 amide bonds. The van der Waals surface area contributed by atoms with Crippen molar-refractivity contribution < 1.29 is 18.8 Å². The molecular weight excluding hydrogens is 337 g/mol. The maximum Gasteiger partial charge on any atom is 0.249 e. The summed E-state index contributed by atoms with van der Waals surface area (Å²) in [4.78, 5) is 36.0. The van der Waals surface area contributed by atoms with Crippen LogP contribution in [-0.4, -0.2) is 36.7 Å². The summed E-state index contributed by atoms with van der Waals surface area (Å²) in [6.07, 6.45) is 1.90. The third-order valence-electron chi connectivity index (χ3n) is 5.07. The highest BCUT2D eigenvalue weighted by atomic mass is 19.1. The van der Waals surface area contributed by atoms with Crippen molar-refractivity contribution in [3.8, 4) is 0 Å². The Hall–Kier alpha value is -2.44. The lowest BCUT2D eigenvalue weighted by molar-refractivity contribution is -0.135. The SMILES string of the molecule is CC.O=C1CC2(C1)CN(c1ccc(NC3CCC(=O)NC3=O)cc1F)C2. The van der Waals surface area contributed by atoms with Gasteiger partial charge < -0.3 is 10.2 Å². The lowest BCUT2D eigenvalue weighted by atomic mass is 9.62. The summed E-state index contributed by atoms with van der Waals surface area (Å²) in [5.41, 5.74) is 1.11. The number of nitrogens with zero attached hydrogens (tertiary/aromatic N) is 1. The molecule has 1 spiro atoms. The molecule has 6 nitrogen and oxygen atoms in total. The van der Waals surface area contributed by atoms with Gasteiger partial charge in [-0.3, -0.25) is 19.7 Å². The molecule has 3 fully saturated rings. The molecule has 1 saturated carbocycles. The number of carbonyl (C=O) groups is 3. The number of hydrogen-bond acceptors (Lipinski definition) is 5. The summed E-state index contributed by atoms with van der Waals surface area (Å²) >= 11 is 0. The summed E-state index contributed by atoms with van der Waals surface area (Å²) in [5.74, 6) is -0.720. The van der Waals surface area contributed by atoms with E-state index < -0.39 is 6.04 Å². The number of piperidine rings is 1. The van der Waals surface area contributed by atoms with Gasteiger partial charge in [0, 0.05) is 43.5 Å². The normalized spacial score (nSPS) is 23.4. The molecule has 1 aromatic carbocycles. The fourth-order valence-electron chi connectivity index (χ4n) is 3.83. The standard InChI is InChI=1S/C17H18FN3O3.C2H6/c18-12-5-10(19-13-2-4-15(23)20-16(13)24)1-3-14(12)21-8-17(9-21)6-11(22)7-17;1-2/h1,3,5,13,19H,2,4,6-9H2,(H,20,23,24);1-2H3. The highest BCUT2D eigenvalue weighted by molar-refractivity contribution is 6.01. The smallest absolute Gasteiger partial charge is 0.249 e. The van der Waals surface area contributed by atoms with Crippen molar-refractivity contribution in [3.05, 3.63) is 24.0 Å². The van der Waals surface area contributed by atoms with E-state index in [1.54, 1.807) is 12.1 Å². The van der Waals surface area contributed by atoms with E-state index in [9.17, 15) is 18.8 Å². The van der Waals surface area contributed by atoms with Crippen LogP contribution in [0, 0.1) is 11.2 Å². The Balaban J connectivity index is 0.000000948. The number of rotatable bonds is 3. The van der Waals surface area contributed by atoms with Gasteiger partial charge in [0.2, 0.25) is 11.8 Å². The van der Waals surface area contributed by atoms with E-state index in [0.717, 1.165) is 13.1 Å². The van der Waals surface area contributed by atoms with Gasteiger partial charge >= 0.3 is 0 Å². The van der Waals surface area contributed by atoms with Gasteiger partial charge in [-0.15, -0.1) is 0 Å². The molecule has 1 unspecified atom stereocenters. The summed E-state index contributed by atoms with van der Waals surface area (Å²) in [6.45, 7) is 5.44. The first-order chi connectivity index (χ1) is 12.4. The molecule has 0 aromatic heterocycles. The van der Waals surface area contributed by atoms with E-state index in [1.165, 1.54) is 6.07 Å². The molecule has 2 heterocycles. The Morgan fingerprint density at radius 3 is 2.46 bits per heavy atom. The molecule has 1 aromatic rings. The highest BCUT2D eigenvalue weighted by Crippen LogP contribution is 2.48. The molecule has 2 aliphatic heterocycles. The Labute approximate surface area is 152 Å². The number of halogens is 1. The minimum atomic E-state index is -0.527. The van der Waals surface area contributed by atoms with Crippen molar-refractivity contribution in [1.82, 2.24) is 5.32 Å². The largest absolute Gasteiger partial charge is 0.374 e. The zero-order chi connectivity index (χ0) is 18.9. The molecule has 7 heteroatoms. The van der Waals surface area contributed by atoms with Crippen LogP contribution < -0.4 is 15.5 Å². The van der Waals surface area contributed by atoms with Crippen molar-refractivity contribution in [1.29, 1.82) is 0 Å². The summed E-state index contributed by atoms with van der Waals surface area (Å²) in [5, 5.41) is 5.24. The lowest BCUT2D eigenvalue weighted by Gasteiger charge is -2.55. The molecule has 0 bridgehead atoms. The predicted octanol–water partition coefficient (Wildman–Crippen LogP) is 2.24. The number of imide groups is 1. The van der Waals surface area contributed by atoms with Gasteiger partial charge in [-0.1, -0.05) is 13.8 Å². The second kappa shape index (κ2) is 7.05. The van der Waals surface area contributed by atoms with Crippen LogP contribution >= 0.6 is 0 Å². The molecule has 26 heavy (non-hydrogen) atoms. The summed E-state index contributed by atoms with van der Waals surface area (Å²) < 4.78 is 14.4. The Morgan fingerprint density at radius 1 is 1.19 bits per heavy atom. The number of Topliss-reactive ketones (excluding diaryl/α,β-unsaturated/α-hetero) is 1. The van der Waals surface area contributed by atoms with E-state index in [0.29, 0.717) is 36.4 Å². The van der Waals surface area contributed by atoms with Crippen LogP contribution in [0.25, 0.3) is 0 Å². The first kappa shape index (κ1) is 18.4. The van der Waals surface area contributed by atoms with E-state index >= 15 is 0 Å².